The lowest BCUT2D eigenvalue weighted by atomic mass is 9.86. The van der Waals surface area contributed by atoms with Crippen LogP contribution in [0.4, 0.5) is 0 Å². The normalized spacial score (nSPS) is 29.4. The molecule has 0 aromatic carbocycles. The summed E-state index contributed by atoms with van der Waals surface area (Å²) in [5.41, 5.74) is 5.55. The summed E-state index contributed by atoms with van der Waals surface area (Å²) in [5, 5.41) is 8.76. The third-order valence-electron chi connectivity index (χ3n) is 2.87. The van der Waals surface area contributed by atoms with Crippen molar-refractivity contribution < 1.29 is 9.90 Å². The first-order valence-electron chi connectivity index (χ1n) is 5.18. The highest BCUT2D eigenvalue weighted by Gasteiger charge is 2.34. The number of rotatable bonds is 3. The average Bonchev–Trinajstić information content (AvgIpc) is 2.01. The summed E-state index contributed by atoms with van der Waals surface area (Å²) in [5.74, 6) is -0.793. The smallest absolute Gasteiger partial charge is 0.305 e. The second kappa shape index (κ2) is 4.28. The number of nitrogens with two attached hydrogens (primary N) is 1. The minimum atomic E-state index is -0.793. The number of carbonyl (C=O) groups is 1. The molecule has 1 saturated heterocycles. The maximum Gasteiger partial charge on any atom is 0.305 e. The summed E-state index contributed by atoms with van der Waals surface area (Å²) >= 11 is 0. The number of carboxylic acid groups (broad SMARTS) is 1. The van der Waals surface area contributed by atoms with Crippen molar-refractivity contribution in [2.24, 2.45) is 5.73 Å². The number of carboxylic acids is 1. The molecule has 0 spiro atoms. The predicted molar refractivity (Wildman–Crippen MR) is 55.1 cm³/mol. The van der Waals surface area contributed by atoms with Crippen LogP contribution < -0.4 is 5.73 Å². The molecule has 4 heteroatoms. The van der Waals surface area contributed by atoms with Crippen LogP contribution in [0.3, 0.4) is 0 Å². The van der Waals surface area contributed by atoms with Crippen molar-refractivity contribution in [1.29, 1.82) is 0 Å². The number of piperidine rings is 1. The summed E-state index contributed by atoms with van der Waals surface area (Å²) in [7, 11) is 0. The van der Waals surface area contributed by atoms with E-state index in [1.54, 1.807) is 0 Å². The Bertz CT molecular complexity index is 218. The van der Waals surface area contributed by atoms with E-state index in [1.807, 2.05) is 0 Å². The van der Waals surface area contributed by atoms with E-state index in [1.165, 1.54) is 0 Å². The quantitative estimate of drug-likeness (QED) is 0.702. The Hall–Kier alpha value is -0.610. The van der Waals surface area contributed by atoms with Crippen molar-refractivity contribution in [3.63, 3.8) is 0 Å². The molecule has 1 unspecified atom stereocenters. The molecule has 1 heterocycles. The first-order chi connectivity index (χ1) is 6.43. The minimum Gasteiger partial charge on any atom is -0.481 e. The Balaban J connectivity index is 2.57. The molecule has 0 bridgehead atoms. The van der Waals surface area contributed by atoms with E-state index < -0.39 is 11.5 Å². The molecule has 0 aromatic heterocycles. The highest BCUT2D eigenvalue weighted by Crippen LogP contribution is 2.23. The summed E-state index contributed by atoms with van der Waals surface area (Å²) < 4.78 is 0. The van der Waals surface area contributed by atoms with Gasteiger partial charge in [-0.3, -0.25) is 9.69 Å². The fraction of sp³-hybridized carbons (Fsp3) is 0.900. The Morgan fingerprint density at radius 1 is 1.64 bits per heavy atom. The molecule has 0 aliphatic carbocycles. The first kappa shape index (κ1) is 11.5. The SMILES string of the molecule is CC(C)N1CCCC(N)(CC(=O)O)C1. The fourth-order valence-corrected chi connectivity index (χ4v) is 2.08. The molecule has 0 radical (unpaired) electrons. The van der Waals surface area contributed by atoms with Gasteiger partial charge in [-0.15, -0.1) is 0 Å². The van der Waals surface area contributed by atoms with Crippen LogP contribution in [0.1, 0.15) is 33.1 Å². The number of aliphatic carboxylic acids is 1. The monoisotopic (exact) mass is 200 g/mol. The van der Waals surface area contributed by atoms with Gasteiger partial charge in [0.25, 0.3) is 0 Å². The zero-order valence-electron chi connectivity index (χ0n) is 8.99. The van der Waals surface area contributed by atoms with Crippen molar-refractivity contribution >= 4 is 5.97 Å². The highest BCUT2D eigenvalue weighted by molar-refractivity contribution is 5.68. The molecule has 1 rings (SSSR count). The lowest BCUT2D eigenvalue weighted by molar-refractivity contribution is -0.139. The van der Waals surface area contributed by atoms with Gasteiger partial charge in [0.15, 0.2) is 0 Å². The topological polar surface area (TPSA) is 66.6 Å². The third kappa shape index (κ3) is 2.96. The maximum absolute atomic E-state index is 10.7. The van der Waals surface area contributed by atoms with E-state index in [-0.39, 0.29) is 6.42 Å². The van der Waals surface area contributed by atoms with Crippen LogP contribution in [0.25, 0.3) is 0 Å². The van der Waals surface area contributed by atoms with Gasteiger partial charge >= 0.3 is 5.97 Å². The number of nitrogens with zero attached hydrogens (tertiary/aromatic N) is 1. The Morgan fingerprint density at radius 2 is 2.29 bits per heavy atom. The second-order valence-corrected chi connectivity index (χ2v) is 4.60. The van der Waals surface area contributed by atoms with Crippen molar-refractivity contribution in [3.8, 4) is 0 Å². The largest absolute Gasteiger partial charge is 0.481 e. The van der Waals surface area contributed by atoms with Crippen LogP contribution in [0.5, 0.6) is 0 Å². The Kier molecular flexibility index (Phi) is 3.50. The van der Waals surface area contributed by atoms with Crippen LogP contribution in [-0.2, 0) is 4.79 Å². The minimum absolute atomic E-state index is 0.0796. The molecule has 1 aliphatic rings. The molecular weight excluding hydrogens is 180 g/mol. The van der Waals surface area contributed by atoms with Gasteiger partial charge in [-0.2, -0.15) is 0 Å². The highest BCUT2D eigenvalue weighted by atomic mass is 16.4. The summed E-state index contributed by atoms with van der Waals surface area (Å²) in [6.07, 6.45) is 1.90. The molecule has 0 saturated carbocycles. The van der Waals surface area contributed by atoms with Crippen molar-refractivity contribution in [3.05, 3.63) is 0 Å². The van der Waals surface area contributed by atoms with Crippen LogP contribution in [0, 0.1) is 0 Å². The van der Waals surface area contributed by atoms with E-state index in [0.29, 0.717) is 12.6 Å². The molecule has 0 aromatic rings. The molecule has 82 valence electrons. The molecule has 1 aliphatic heterocycles. The van der Waals surface area contributed by atoms with E-state index in [4.69, 9.17) is 10.8 Å². The van der Waals surface area contributed by atoms with E-state index in [2.05, 4.69) is 18.7 Å². The number of hydrogen-bond donors (Lipinski definition) is 2. The van der Waals surface area contributed by atoms with Gasteiger partial charge in [0.2, 0.25) is 0 Å². The average molecular weight is 200 g/mol. The summed E-state index contributed by atoms with van der Waals surface area (Å²) in [6.45, 7) is 5.98. The molecule has 4 nitrogen and oxygen atoms in total. The molecular formula is C10H20N2O2. The van der Waals surface area contributed by atoms with Gasteiger partial charge in [0.1, 0.15) is 0 Å². The van der Waals surface area contributed by atoms with Gasteiger partial charge < -0.3 is 10.8 Å². The lowest BCUT2D eigenvalue weighted by Gasteiger charge is -2.41. The number of likely N-dealkylation sites (tertiary alicyclic amines) is 1. The molecule has 3 N–H and O–H groups in total. The lowest BCUT2D eigenvalue weighted by Crippen LogP contribution is -2.56. The summed E-state index contributed by atoms with van der Waals surface area (Å²) in [6, 6.07) is 0.451. The zero-order chi connectivity index (χ0) is 10.8. The molecule has 14 heavy (non-hydrogen) atoms. The van der Waals surface area contributed by atoms with E-state index >= 15 is 0 Å². The van der Waals surface area contributed by atoms with Gasteiger partial charge in [-0.05, 0) is 33.2 Å². The number of hydrogen-bond acceptors (Lipinski definition) is 3. The van der Waals surface area contributed by atoms with Gasteiger partial charge in [0.05, 0.1) is 6.42 Å². The summed E-state index contributed by atoms with van der Waals surface area (Å²) in [4.78, 5) is 12.9. The first-order valence-corrected chi connectivity index (χ1v) is 5.18. The van der Waals surface area contributed by atoms with Gasteiger partial charge in [-0.1, -0.05) is 0 Å². The molecule has 1 atom stereocenters. The van der Waals surface area contributed by atoms with Gasteiger partial charge in [-0.25, -0.2) is 0 Å². The fourth-order valence-electron chi connectivity index (χ4n) is 2.08. The van der Waals surface area contributed by atoms with Crippen molar-refractivity contribution in [2.45, 2.75) is 44.7 Å². The van der Waals surface area contributed by atoms with E-state index in [9.17, 15) is 4.79 Å². The van der Waals surface area contributed by atoms with Crippen LogP contribution >= 0.6 is 0 Å². The standard InChI is InChI=1S/C10H20N2O2/c1-8(2)12-5-3-4-10(11,7-12)6-9(13)14/h8H,3-7,11H2,1-2H3,(H,13,14). The predicted octanol–water partition coefficient (Wildman–Crippen LogP) is 0.663. The molecule has 1 fully saturated rings. The van der Waals surface area contributed by atoms with Crippen LogP contribution in [-0.4, -0.2) is 40.6 Å². The third-order valence-corrected chi connectivity index (χ3v) is 2.87. The maximum atomic E-state index is 10.7. The van der Waals surface area contributed by atoms with Crippen LogP contribution in [0.15, 0.2) is 0 Å². The second-order valence-electron chi connectivity index (χ2n) is 4.60. The zero-order valence-corrected chi connectivity index (χ0v) is 8.99. The van der Waals surface area contributed by atoms with E-state index in [0.717, 1.165) is 19.4 Å². The Labute approximate surface area is 85.1 Å². The van der Waals surface area contributed by atoms with Crippen molar-refractivity contribution in [2.75, 3.05) is 13.1 Å². The molecule has 0 amide bonds. The van der Waals surface area contributed by atoms with Crippen LogP contribution in [0.2, 0.25) is 0 Å². The van der Waals surface area contributed by atoms with Crippen molar-refractivity contribution in [1.82, 2.24) is 4.90 Å². The Morgan fingerprint density at radius 3 is 2.79 bits per heavy atom. The van der Waals surface area contributed by atoms with Gasteiger partial charge in [0, 0.05) is 18.1 Å².